The number of aryl methyl sites for hydroxylation is 2. The number of nitrogens with one attached hydrogen (secondary N) is 2. The predicted molar refractivity (Wildman–Crippen MR) is 278 cm³/mol. The topological polar surface area (TPSA) is 244 Å². The van der Waals surface area contributed by atoms with E-state index in [0.717, 1.165) is 16.9 Å². The van der Waals surface area contributed by atoms with Crippen LogP contribution in [-0.4, -0.2) is 81.8 Å². The fourth-order valence-corrected chi connectivity index (χ4v) is 13.4. The van der Waals surface area contributed by atoms with Crippen LogP contribution < -0.4 is 32.0 Å². The fourth-order valence-electron chi connectivity index (χ4n) is 8.78. The van der Waals surface area contributed by atoms with E-state index >= 15 is 0 Å². The van der Waals surface area contributed by atoms with Crippen molar-refractivity contribution in [3.8, 4) is 11.5 Å². The summed E-state index contributed by atoms with van der Waals surface area (Å²) in [5.41, 5.74) is -5.23. The molecule has 20 nitrogen and oxygen atoms in total. The summed E-state index contributed by atoms with van der Waals surface area (Å²) in [6.07, 6.45) is -3.49. The molecule has 4 heterocycles. The third-order valence-corrected chi connectivity index (χ3v) is 17.9. The lowest BCUT2D eigenvalue weighted by molar-refractivity contribution is -0.385. The van der Waals surface area contributed by atoms with Crippen LogP contribution >= 0.6 is 28.7 Å². The van der Waals surface area contributed by atoms with Crippen molar-refractivity contribution >= 4 is 52.1 Å². The van der Waals surface area contributed by atoms with Crippen molar-refractivity contribution in [1.82, 2.24) is 19.1 Å². The highest BCUT2D eigenvalue weighted by Gasteiger charge is 2.46. The summed E-state index contributed by atoms with van der Waals surface area (Å²) in [7, 11) is 3.13. The third kappa shape index (κ3) is 12.0. The SMILES string of the molecule is COc1ccc(C(OC[C@H]2O[C@@H](n3cc(C)c(=O)[nH]c3=O)C[C@@H]2OP(=S)(OC[C@H]2O[C@@H](n3cc(C)c(=O)[nH]c3=O)C[C@@H]2OC(C)=O)SCc2ccc(Cl)cc2[N+](=O)[O-])(c2ccccc2)c2ccc(OC)cc2)cc1. The number of ether oxygens (including phenoxy) is 6. The van der Waals surface area contributed by atoms with Crippen LogP contribution in [0.15, 0.2) is 129 Å². The molecule has 74 heavy (non-hydrogen) atoms. The second-order valence-corrected chi connectivity index (χ2v) is 24.0. The highest BCUT2D eigenvalue weighted by atomic mass is 35.5. The summed E-state index contributed by atoms with van der Waals surface area (Å²) < 4.78 is 53.0. The van der Waals surface area contributed by atoms with Gasteiger partial charge in [0.25, 0.3) is 16.8 Å². The monoisotopic (exact) mass is 1090 g/mol. The largest absolute Gasteiger partial charge is 0.497 e. The Morgan fingerprint density at radius 1 is 0.797 bits per heavy atom. The number of methoxy groups -OCH3 is 2. The molecule has 8 rings (SSSR count). The molecule has 390 valence electrons. The Labute approximate surface area is 436 Å². The van der Waals surface area contributed by atoms with Gasteiger partial charge in [-0.15, -0.1) is 0 Å². The molecule has 0 spiro atoms. The van der Waals surface area contributed by atoms with E-state index in [9.17, 15) is 34.1 Å². The quantitative estimate of drug-likeness (QED) is 0.0249. The van der Waals surface area contributed by atoms with Crippen molar-refractivity contribution in [2.45, 2.75) is 81.8 Å². The maximum Gasteiger partial charge on any atom is 0.330 e. The van der Waals surface area contributed by atoms with Gasteiger partial charge in [-0.05, 0) is 78.7 Å². The summed E-state index contributed by atoms with van der Waals surface area (Å²) in [4.78, 5) is 80.1. The zero-order valence-electron chi connectivity index (χ0n) is 40.5. The van der Waals surface area contributed by atoms with E-state index in [1.54, 1.807) is 21.1 Å². The zero-order valence-corrected chi connectivity index (χ0v) is 43.8. The van der Waals surface area contributed by atoms with Crippen LogP contribution in [0.5, 0.6) is 11.5 Å². The number of nitro groups is 1. The molecule has 1 unspecified atom stereocenters. The molecule has 0 saturated carbocycles. The van der Waals surface area contributed by atoms with E-state index in [1.165, 1.54) is 53.6 Å². The van der Waals surface area contributed by atoms with Crippen LogP contribution in [0.25, 0.3) is 0 Å². The highest BCUT2D eigenvalue weighted by Crippen LogP contribution is 2.65. The Morgan fingerprint density at radius 3 is 1.82 bits per heavy atom. The van der Waals surface area contributed by atoms with Gasteiger partial charge in [0, 0.05) is 65.7 Å². The molecule has 6 aromatic rings. The Hall–Kier alpha value is -6.20. The summed E-state index contributed by atoms with van der Waals surface area (Å²) in [5.74, 6) is 0.455. The first kappa shape index (κ1) is 54.1. The number of carbonyl (C=O) groups excluding carboxylic acids is 1. The number of carbonyl (C=O) groups is 1. The van der Waals surface area contributed by atoms with Gasteiger partial charge >= 0.3 is 17.3 Å². The second-order valence-electron chi connectivity index (χ2n) is 17.3. The van der Waals surface area contributed by atoms with Crippen molar-refractivity contribution in [2.24, 2.45) is 0 Å². The van der Waals surface area contributed by atoms with Gasteiger partial charge in [0.2, 0.25) is 5.69 Å². The molecule has 2 N–H and O–H groups in total. The number of rotatable bonds is 20. The van der Waals surface area contributed by atoms with Gasteiger partial charge in [-0.3, -0.25) is 43.6 Å². The van der Waals surface area contributed by atoms with Crippen LogP contribution in [0.4, 0.5) is 5.69 Å². The van der Waals surface area contributed by atoms with E-state index in [4.69, 9.17) is 60.9 Å². The molecule has 0 amide bonds. The number of aromatic amines is 2. The number of hydrogen-bond donors (Lipinski definition) is 2. The third-order valence-electron chi connectivity index (χ3n) is 12.5. The van der Waals surface area contributed by atoms with Crippen LogP contribution in [0.2, 0.25) is 5.02 Å². The number of hydrogen-bond acceptors (Lipinski definition) is 17. The Kier molecular flexibility index (Phi) is 16.9. The summed E-state index contributed by atoms with van der Waals surface area (Å²) in [6, 6.07) is 28.5. The van der Waals surface area contributed by atoms with Crippen molar-refractivity contribution in [3.63, 3.8) is 0 Å². The first-order valence-corrected chi connectivity index (χ1v) is 27.6. The number of nitrogens with zero attached hydrogens (tertiary/aromatic N) is 3. The number of nitro benzene ring substituents is 1. The summed E-state index contributed by atoms with van der Waals surface area (Å²) >= 11 is 13.5. The number of H-pyrrole nitrogens is 2. The number of benzene rings is 4. The van der Waals surface area contributed by atoms with Gasteiger partial charge in [0.1, 0.15) is 47.9 Å². The lowest BCUT2D eigenvalue weighted by Crippen LogP contribution is -2.38. The standard InChI is InChI=1S/C50H51ClN5O15PS2/c1-29-24-54(48(60)52-46(29)58)44-22-40(68-31(3)57)43(70-44)27-67-72(73,74-28-32-11-16-36(51)21-39(32)56(62)63)71-41-23-45(55-25-30(2)47(59)53-49(55)61)69-42(41)26-66-50(33-9-7-6-8-10-33,34-12-17-37(64-4)18-13-34)35-14-19-38(65-5)20-15-35/h6-21,24-25,40-45H,22-23,26-28H2,1-5H3,(H,52,58,60)(H,53,59,61)/t40-,41-,42+,43+,44+,45+,72?/m0/s1. The highest BCUT2D eigenvalue weighted by molar-refractivity contribution is 8.67. The van der Waals surface area contributed by atoms with Gasteiger partial charge in [0.05, 0.1) is 38.5 Å². The summed E-state index contributed by atoms with van der Waals surface area (Å²) in [6.45, 7) is 3.69. The summed E-state index contributed by atoms with van der Waals surface area (Å²) in [5, 5.41) is 12.4. The first-order valence-electron chi connectivity index (χ1n) is 23.0. The van der Waals surface area contributed by atoms with E-state index in [0.29, 0.717) is 22.6 Å². The first-order chi connectivity index (χ1) is 35.4. The average molecular weight is 1090 g/mol. The van der Waals surface area contributed by atoms with Gasteiger partial charge in [-0.2, -0.15) is 0 Å². The molecule has 0 bridgehead atoms. The molecule has 2 saturated heterocycles. The smallest absolute Gasteiger partial charge is 0.330 e. The van der Waals surface area contributed by atoms with Gasteiger partial charge in [0.15, 0.2) is 0 Å². The Bertz CT molecular complexity index is 3250. The van der Waals surface area contributed by atoms with Crippen LogP contribution in [0, 0.1) is 24.0 Å². The van der Waals surface area contributed by atoms with Crippen molar-refractivity contribution in [1.29, 1.82) is 0 Å². The molecule has 7 atom stereocenters. The molecule has 0 radical (unpaired) electrons. The van der Waals surface area contributed by atoms with Gasteiger partial charge < -0.3 is 37.5 Å². The van der Waals surface area contributed by atoms with Crippen LogP contribution in [-0.2, 0) is 56.0 Å². The van der Waals surface area contributed by atoms with E-state index in [1.807, 2.05) is 78.9 Å². The lowest BCUT2D eigenvalue weighted by atomic mass is 9.80. The molecule has 2 aromatic heterocycles. The van der Waals surface area contributed by atoms with E-state index in [-0.39, 0.29) is 59.2 Å². The predicted octanol–water partition coefficient (Wildman–Crippen LogP) is 7.36. The number of aromatic nitrogens is 4. The fraction of sp³-hybridized carbons (Fsp3) is 0.340. The molecule has 2 aliphatic heterocycles. The molecule has 24 heteroatoms. The van der Waals surface area contributed by atoms with Crippen LogP contribution in [0.3, 0.4) is 0 Å². The van der Waals surface area contributed by atoms with E-state index in [2.05, 4.69) is 9.97 Å². The van der Waals surface area contributed by atoms with Crippen molar-refractivity contribution < 1.29 is 47.2 Å². The molecule has 2 fully saturated rings. The minimum Gasteiger partial charge on any atom is -0.497 e. The molecule has 4 aromatic carbocycles. The molecule has 2 aliphatic rings. The second kappa shape index (κ2) is 23.1. The maximum absolute atomic E-state index is 13.5. The van der Waals surface area contributed by atoms with E-state index < -0.39 is 81.6 Å². The molecular formula is C50H51ClN5O15PS2. The minimum atomic E-state index is -3.82. The van der Waals surface area contributed by atoms with Crippen molar-refractivity contribution in [3.05, 3.63) is 200 Å². The average Bonchev–Trinajstić information content (AvgIpc) is 3.98. The van der Waals surface area contributed by atoms with Crippen molar-refractivity contribution in [2.75, 3.05) is 27.4 Å². The molecular weight excluding hydrogens is 1040 g/mol. The van der Waals surface area contributed by atoms with Crippen LogP contribution in [0.1, 0.15) is 65.6 Å². The lowest BCUT2D eigenvalue weighted by Gasteiger charge is -2.37. The normalized spacial score (nSPS) is 20.5. The molecule has 0 aliphatic carbocycles. The Morgan fingerprint density at radius 2 is 1.31 bits per heavy atom. The van der Waals surface area contributed by atoms with Gasteiger partial charge in [-0.1, -0.05) is 77.6 Å². The van der Waals surface area contributed by atoms with Gasteiger partial charge in [-0.25, -0.2) is 9.59 Å². The number of halogens is 1. The number of esters is 1. The minimum absolute atomic E-state index is 0.0106. The zero-order chi connectivity index (χ0) is 52.9. The maximum atomic E-state index is 13.5. The Balaban J connectivity index is 1.19.